The molecule has 1 N–H and O–H groups in total. The highest BCUT2D eigenvalue weighted by Gasteiger charge is 2.30. The summed E-state index contributed by atoms with van der Waals surface area (Å²) in [4.78, 5) is 0. The number of hydrogen-bond donors (Lipinski definition) is 1. The number of aliphatic hydroxyl groups excluding tert-OH is 1. The highest BCUT2D eigenvalue weighted by molar-refractivity contribution is 6.31. The number of aliphatic hydroxyl groups is 1. The number of alkyl halides is 3. The molecular formula is C16H14ClF3O. The molecule has 0 aliphatic rings. The lowest BCUT2D eigenvalue weighted by Crippen LogP contribution is -2.06. The summed E-state index contributed by atoms with van der Waals surface area (Å²) in [7, 11) is 0. The number of hydrogen-bond acceptors (Lipinski definition) is 1. The van der Waals surface area contributed by atoms with Crippen LogP contribution in [-0.4, -0.2) is 5.11 Å². The van der Waals surface area contributed by atoms with E-state index in [2.05, 4.69) is 0 Å². The Bertz CT molecular complexity index is 620. The van der Waals surface area contributed by atoms with Crippen LogP contribution in [0.4, 0.5) is 13.2 Å². The molecule has 0 bridgehead atoms. The Hall–Kier alpha value is -1.52. The molecule has 112 valence electrons. The molecule has 1 unspecified atom stereocenters. The maximum atomic E-state index is 12.5. The normalized spacial score (nSPS) is 13.2. The van der Waals surface area contributed by atoms with Crippen LogP contribution in [0.2, 0.25) is 5.02 Å². The molecule has 2 rings (SSSR count). The molecule has 0 saturated heterocycles. The number of aryl methyl sites for hydroxylation is 1. The molecule has 21 heavy (non-hydrogen) atoms. The van der Waals surface area contributed by atoms with Crippen LogP contribution in [0, 0.1) is 6.92 Å². The van der Waals surface area contributed by atoms with E-state index in [9.17, 15) is 18.3 Å². The van der Waals surface area contributed by atoms with Gasteiger partial charge in [0.2, 0.25) is 0 Å². The highest BCUT2D eigenvalue weighted by Crippen LogP contribution is 2.31. The lowest BCUT2D eigenvalue weighted by Gasteiger charge is -2.14. The molecule has 5 heteroatoms. The third-order valence-electron chi connectivity index (χ3n) is 3.24. The zero-order chi connectivity index (χ0) is 15.6. The monoisotopic (exact) mass is 314 g/mol. The summed E-state index contributed by atoms with van der Waals surface area (Å²) in [5.74, 6) is 0. The van der Waals surface area contributed by atoms with Gasteiger partial charge in [-0.1, -0.05) is 35.9 Å². The van der Waals surface area contributed by atoms with E-state index in [1.54, 1.807) is 6.07 Å². The summed E-state index contributed by atoms with van der Waals surface area (Å²) >= 11 is 6.09. The van der Waals surface area contributed by atoms with E-state index in [1.807, 2.05) is 19.1 Å². The molecule has 0 radical (unpaired) electrons. The van der Waals surface area contributed by atoms with Crippen molar-refractivity contribution in [1.82, 2.24) is 0 Å². The van der Waals surface area contributed by atoms with Crippen LogP contribution in [0.15, 0.2) is 42.5 Å². The van der Waals surface area contributed by atoms with Crippen molar-refractivity contribution in [2.45, 2.75) is 25.6 Å². The Kier molecular flexibility index (Phi) is 4.59. The third-order valence-corrected chi connectivity index (χ3v) is 3.60. The molecule has 2 aromatic carbocycles. The van der Waals surface area contributed by atoms with Crippen molar-refractivity contribution in [2.75, 3.05) is 0 Å². The van der Waals surface area contributed by atoms with Gasteiger partial charge in [0.15, 0.2) is 0 Å². The van der Waals surface area contributed by atoms with Crippen LogP contribution in [0.5, 0.6) is 0 Å². The van der Waals surface area contributed by atoms with Crippen molar-refractivity contribution in [1.29, 1.82) is 0 Å². The van der Waals surface area contributed by atoms with Crippen LogP contribution >= 0.6 is 11.6 Å². The van der Waals surface area contributed by atoms with Gasteiger partial charge in [-0.25, -0.2) is 0 Å². The fourth-order valence-electron chi connectivity index (χ4n) is 2.04. The topological polar surface area (TPSA) is 20.2 Å². The summed E-state index contributed by atoms with van der Waals surface area (Å²) in [6, 6.07) is 9.98. The van der Waals surface area contributed by atoms with Crippen LogP contribution in [0.1, 0.15) is 28.4 Å². The Labute approximate surface area is 126 Å². The smallest absolute Gasteiger partial charge is 0.388 e. The standard InChI is InChI=1S/C16H14ClF3O/c1-10-2-3-12(14(17)8-10)9-15(21)11-4-6-13(7-5-11)16(18,19)20/h2-8,15,21H,9H2,1H3. The zero-order valence-electron chi connectivity index (χ0n) is 11.3. The second kappa shape index (κ2) is 6.08. The Morgan fingerprint density at radius 2 is 1.71 bits per heavy atom. The second-order valence-corrected chi connectivity index (χ2v) is 5.34. The highest BCUT2D eigenvalue weighted by atomic mass is 35.5. The van der Waals surface area contributed by atoms with Crippen molar-refractivity contribution in [3.8, 4) is 0 Å². The zero-order valence-corrected chi connectivity index (χ0v) is 12.0. The SMILES string of the molecule is Cc1ccc(CC(O)c2ccc(C(F)(F)F)cc2)c(Cl)c1. The average Bonchev–Trinajstić information content (AvgIpc) is 2.41. The third kappa shape index (κ3) is 3.99. The van der Waals surface area contributed by atoms with Gasteiger partial charge >= 0.3 is 6.18 Å². The molecule has 0 spiro atoms. The molecule has 0 aliphatic carbocycles. The molecule has 0 aliphatic heterocycles. The summed E-state index contributed by atoms with van der Waals surface area (Å²) in [5.41, 5.74) is 1.47. The molecule has 0 heterocycles. The average molecular weight is 315 g/mol. The summed E-state index contributed by atoms with van der Waals surface area (Å²) in [6.45, 7) is 1.90. The van der Waals surface area contributed by atoms with Gasteiger partial charge in [0, 0.05) is 11.4 Å². The van der Waals surface area contributed by atoms with Crippen molar-refractivity contribution in [3.63, 3.8) is 0 Å². The maximum Gasteiger partial charge on any atom is 0.416 e. The number of benzene rings is 2. The molecular weight excluding hydrogens is 301 g/mol. The first kappa shape index (κ1) is 15.9. The molecule has 0 saturated carbocycles. The van der Waals surface area contributed by atoms with E-state index >= 15 is 0 Å². The fourth-order valence-corrected chi connectivity index (χ4v) is 2.35. The summed E-state index contributed by atoms with van der Waals surface area (Å²) in [5, 5.41) is 10.7. The largest absolute Gasteiger partial charge is 0.416 e. The van der Waals surface area contributed by atoms with Gasteiger partial charge in [0.25, 0.3) is 0 Å². The van der Waals surface area contributed by atoms with Crippen molar-refractivity contribution >= 4 is 11.6 Å². The Balaban J connectivity index is 2.15. The van der Waals surface area contributed by atoms with Gasteiger partial charge in [-0.2, -0.15) is 13.2 Å². The van der Waals surface area contributed by atoms with E-state index < -0.39 is 17.8 Å². The maximum absolute atomic E-state index is 12.5. The molecule has 1 atom stereocenters. The lowest BCUT2D eigenvalue weighted by molar-refractivity contribution is -0.137. The number of rotatable bonds is 3. The van der Waals surface area contributed by atoms with Gasteiger partial charge in [0.05, 0.1) is 11.7 Å². The minimum Gasteiger partial charge on any atom is -0.388 e. The minimum absolute atomic E-state index is 0.254. The second-order valence-electron chi connectivity index (χ2n) is 4.93. The first-order valence-corrected chi connectivity index (χ1v) is 6.75. The van der Waals surface area contributed by atoms with Crippen molar-refractivity contribution in [3.05, 3.63) is 69.7 Å². The van der Waals surface area contributed by atoms with E-state index in [1.165, 1.54) is 12.1 Å². The van der Waals surface area contributed by atoms with E-state index in [0.717, 1.165) is 23.3 Å². The van der Waals surface area contributed by atoms with Crippen LogP contribution < -0.4 is 0 Å². The Morgan fingerprint density at radius 1 is 1.10 bits per heavy atom. The van der Waals surface area contributed by atoms with Crippen LogP contribution in [-0.2, 0) is 12.6 Å². The van der Waals surface area contributed by atoms with Crippen LogP contribution in [0.3, 0.4) is 0 Å². The first-order valence-electron chi connectivity index (χ1n) is 6.37. The fraction of sp³-hybridized carbons (Fsp3) is 0.250. The summed E-state index contributed by atoms with van der Waals surface area (Å²) in [6.07, 6.45) is -5.01. The predicted octanol–water partition coefficient (Wildman–Crippen LogP) is 4.94. The van der Waals surface area contributed by atoms with E-state index in [-0.39, 0.29) is 6.42 Å². The predicted molar refractivity (Wildman–Crippen MR) is 76.3 cm³/mol. The van der Waals surface area contributed by atoms with Crippen LogP contribution in [0.25, 0.3) is 0 Å². The Morgan fingerprint density at radius 3 is 2.24 bits per heavy atom. The number of halogens is 4. The minimum atomic E-state index is -4.37. The quantitative estimate of drug-likeness (QED) is 0.850. The summed E-state index contributed by atoms with van der Waals surface area (Å²) < 4.78 is 37.4. The van der Waals surface area contributed by atoms with Gasteiger partial charge in [0.1, 0.15) is 0 Å². The molecule has 1 nitrogen and oxygen atoms in total. The van der Waals surface area contributed by atoms with E-state index in [0.29, 0.717) is 10.6 Å². The van der Waals surface area contributed by atoms with E-state index in [4.69, 9.17) is 11.6 Å². The first-order chi connectivity index (χ1) is 9.77. The van der Waals surface area contributed by atoms with Gasteiger partial charge in [-0.15, -0.1) is 0 Å². The van der Waals surface area contributed by atoms with Crippen molar-refractivity contribution < 1.29 is 18.3 Å². The van der Waals surface area contributed by atoms with Gasteiger partial charge in [-0.3, -0.25) is 0 Å². The van der Waals surface area contributed by atoms with Gasteiger partial charge in [-0.05, 0) is 41.8 Å². The van der Waals surface area contributed by atoms with Gasteiger partial charge < -0.3 is 5.11 Å². The molecule has 0 fully saturated rings. The lowest BCUT2D eigenvalue weighted by atomic mass is 9.99. The molecule has 0 amide bonds. The van der Waals surface area contributed by atoms with Crippen molar-refractivity contribution in [2.24, 2.45) is 0 Å². The molecule has 2 aromatic rings. The molecule has 0 aromatic heterocycles.